The van der Waals surface area contributed by atoms with Gasteiger partial charge in [-0.05, 0) is 37.0 Å². The molecule has 1 aromatic carbocycles. The van der Waals surface area contributed by atoms with Gasteiger partial charge in [0.1, 0.15) is 5.75 Å². The first-order chi connectivity index (χ1) is 13.2. The molecule has 0 saturated carbocycles. The van der Waals surface area contributed by atoms with E-state index in [0.29, 0.717) is 33.0 Å². The maximum absolute atomic E-state index is 10.3. The zero-order valence-electron chi connectivity index (χ0n) is 16.5. The number of carboxylic acids is 1. The van der Waals surface area contributed by atoms with Crippen LogP contribution in [0.15, 0.2) is 24.3 Å². The van der Waals surface area contributed by atoms with Crippen molar-refractivity contribution >= 4 is 18.4 Å². The van der Waals surface area contributed by atoms with E-state index in [1.807, 2.05) is 24.3 Å². The maximum atomic E-state index is 10.3. The molecule has 0 aliphatic carbocycles. The van der Waals surface area contributed by atoms with Crippen molar-refractivity contribution in [1.29, 1.82) is 0 Å². The summed E-state index contributed by atoms with van der Waals surface area (Å²) in [4.78, 5) is 10.3. The largest absolute Gasteiger partial charge is 0.494 e. The molecule has 162 valence electrons. The molecule has 0 aliphatic rings. The Balaban J connectivity index is 0.00000729. The normalized spacial score (nSPS) is 10.5. The van der Waals surface area contributed by atoms with E-state index in [-0.39, 0.29) is 25.4 Å². The van der Waals surface area contributed by atoms with E-state index in [4.69, 9.17) is 29.8 Å². The molecule has 7 nitrogen and oxygen atoms in total. The molecule has 8 heteroatoms. The number of benzene rings is 1. The number of hydrogen-bond acceptors (Lipinski definition) is 6. The summed E-state index contributed by atoms with van der Waals surface area (Å²) in [5.41, 5.74) is 6.70. The molecule has 28 heavy (non-hydrogen) atoms. The minimum absolute atomic E-state index is 0. The number of halogens is 1. The van der Waals surface area contributed by atoms with Gasteiger partial charge in [0.25, 0.3) is 0 Å². The lowest BCUT2D eigenvalue weighted by atomic mass is 10.2. The standard InChI is InChI=1S/C20H33NO6.ClH/c21-17-18-6-5-7-19(16-18)27-10-4-2-1-3-9-24-12-14-26-15-13-25-11-8-20(22)23;/h5-7,16H,1-4,8-15,17,21H2,(H,22,23);1H. The minimum atomic E-state index is -0.853. The molecule has 0 amide bonds. The molecule has 3 N–H and O–H groups in total. The van der Waals surface area contributed by atoms with Crippen molar-refractivity contribution in [2.24, 2.45) is 5.73 Å². The van der Waals surface area contributed by atoms with Crippen molar-refractivity contribution in [2.45, 2.75) is 38.6 Å². The van der Waals surface area contributed by atoms with E-state index >= 15 is 0 Å². The van der Waals surface area contributed by atoms with Crippen LogP contribution in [0.25, 0.3) is 0 Å². The molecule has 0 radical (unpaired) electrons. The number of hydrogen-bond donors (Lipinski definition) is 2. The third-order valence-corrected chi connectivity index (χ3v) is 3.79. The summed E-state index contributed by atoms with van der Waals surface area (Å²) in [5.74, 6) is 0.0303. The van der Waals surface area contributed by atoms with Crippen LogP contribution in [0.3, 0.4) is 0 Å². The van der Waals surface area contributed by atoms with Crippen molar-refractivity contribution in [3.05, 3.63) is 29.8 Å². The maximum Gasteiger partial charge on any atom is 0.305 e. The molecule has 1 aromatic rings. The number of nitrogens with two attached hydrogens (primary N) is 1. The summed E-state index contributed by atoms with van der Waals surface area (Å²) < 4.78 is 21.7. The van der Waals surface area contributed by atoms with E-state index in [9.17, 15) is 4.79 Å². The van der Waals surface area contributed by atoms with Crippen LogP contribution in [0.5, 0.6) is 5.75 Å². The number of carbonyl (C=O) groups is 1. The van der Waals surface area contributed by atoms with Gasteiger partial charge < -0.3 is 29.8 Å². The Bertz CT molecular complexity index is 503. The van der Waals surface area contributed by atoms with Crippen LogP contribution >= 0.6 is 12.4 Å². The molecule has 0 fully saturated rings. The fraction of sp³-hybridized carbons (Fsp3) is 0.650. The quantitative estimate of drug-likeness (QED) is 0.353. The second-order valence-corrected chi connectivity index (χ2v) is 6.10. The van der Waals surface area contributed by atoms with Gasteiger partial charge in [-0.3, -0.25) is 4.79 Å². The van der Waals surface area contributed by atoms with E-state index in [1.165, 1.54) is 0 Å². The van der Waals surface area contributed by atoms with E-state index in [0.717, 1.165) is 50.2 Å². The average molecular weight is 420 g/mol. The number of unbranched alkanes of at least 4 members (excludes halogenated alkanes) is 3. The molecule has 0 spiro atoms. The van der Waals surface area contributed by atoms with E-state index < -0.39 is 5.97 Å². The topological polar surface area (TPSA) is 100 Å². The lowest BCUT2D eigenvalue weighted by Gasteiger charge is -2.08. The second kappa shape index (κ2) is 19.0. The molecular weight excluding hydrogens is 386 g/mol. The smallest absolute Gasteiger partial charge is 0.305 e. The zero-order chi connectivity index (χ0) is 19.6. The SMILES string of the molecule is Cl.NCc1cccc(OCCCCCCOCCOCCOCCC(=O)O)c1. The monoisotopic (exact) mass is 419 g/mol. The van der Waals surface area contributed by atoms with Crippen LogP contribution in [0.2, 0.25) is 0 Å². The molecule has 0 aromatic heterocycles. The summed E-state index contributed by atoms with van der Waals surface area (Å²) in [7, 11) is 0. The minimum Gasteiger partial charge on any atom is -0.494 e. The highest BCUT2D eigenvalue weighted by Gasteiger charge is 1.98. The summed E-state index contributed by atoms with van der Waals surface area (Å²) in [6, 6.07) is 7.90. The van der Waals surface area contributed by atoms with Crippen LogP contribution in [0.4, 0.5) is 0 Å². The first-order valence-electron chi connectivity index (χ1n) is 9.59. The van der Waals surface area contributed by atoms with Gasteiger partial charge in [-0.2, -0.15) is 0 Å². The van der Waals surface area contributed by atoms with Gasteiger partial charge in [-0.25, -0.2) is 0 Å². The molecule has 0 aliphatic heterocycles. The first kappa shape index (κ1) is 26.6. The molecule has 0 bridgehead atoms. The highest BCUT2D eigenvalue weighted by Crippen LogP contribution is 2.13. The van der Waals surface area contributed by atoms with Crippen molar-refractivity contribution in [2.75, 3.05) is 46.2 Å². The third kappa shape index (κ3) is 15.7. The Morgan fingerprint density at radius 1 is 0.857 bits per heavy atom. The molecule has 0 heterocycles. The summed E-state index contributed by atoms with van der Waals surface area (Å²) in [6.45, 7) is 4.16. The number of aliphatic carboxylic acids is 1. The summed E-state index contributed by atoms with van der Waals surface area (Å²) >= 11 is 0. The highest BCUT2D eigenvalue weighted by atomic mass is 35.5. The summed E-state index contributed by atoms with van der Waals surface area (Å²) in [5, 5.41) is 8.44. The van der Waals surface area contributed by atoms with Gasteiger partial charge in [-0.1, -0.05) is 18.6 Å². The van der Waals surface area contributed by atoms with Crippen molar-refractivity contribution in [3.8, 4) is 5.75 Å². The van der Waals surface area contributed by atoms with Crippen molar-refractivity contribution < 1.29 is 28.8 Å². The van der Waals surface area contributed by atoms with E-state index in [2.05, 4.69) is 0 Å². The zero-order valence-corrected chi connectivity index (χ0v) is 17.3. The van der Waals surface area contributed by atoms with Gasteiger partial charge in [-0.15, -0.1) is 12.4 Å². The van der Waals surface area contributed by atoms with E-state index in [1.54, 1.807) is 0 Å². The Hall–Kier alpha value is -1.38. The fourth-order valence-corrected chi connectivity index (χ4v) is 2.31. The average Bonchev–Trinajstić information content (AvgIpc) is 2.67. The number of ether oxygens (including phenoxy) is 4. The first-order valence-corrected chi connectivity index (χ1v) is 9.59. The second-order valence-electron chi connectivity index (χ2n) is 6.10. The molecular formula is C20H34ClNO6. The van der Waals surface area contributed by atoms with Gasteiger partial charge in [0.15, 0.2) is 0 Å². The Kier molecular flexibility index (Phi) is 18.0. The van der Waals surface area contributed by atoms with Crippen molar-refractivity contribution in [1.82, 2.24) is 0 Å². The predicted molar refractivity (Wildman–Crippen MR) is 110 cm³/mol. The van der Waals surface area contributed by atoms with Crippen LogP contribution < -0.4 is 10.5 Å². The summed E-state index contributed by atoms with van der Waals surface area (Å²) in [6.07, 6.45) is 4.31. The molecule has 0 saturated heterocycles. The molecule has 1 rings (SSSR count). The Morgan fingerprint density at radius 3 is 2.11 bits per heavy atom. The van der Waals surface area contributed by atoms with Gasteiger partial charge in [0.05, 0.1) is 46.1 Å². The Morgan fingerprint density at radius 2 is 1.46 bits per heavy atom. The Labute approximate surface area is 173 Å². The van der Waals surface area contributed by atoms with Crippen molar-refractivity contribution in [3.63, 3.8) is 0 Å². The molecule has 0 unspecified atom stereocenters. The van der Waals surface area contributed by atoms with Crippen LogP contribution in [0, 0.1) is 0 Å². The number of carboxylic acid groups (broad SMARTS) is 1. The highest BCUT2D eigenvalue weighted by molar-refractivity contribution is 5.85. The van der Waals surface area contributed by atoms with Gasteiger partial charge >= 0.3 is 5.97 Å². The van der Waals surface area contributed by atoms with Gasteiger partial charge in [0.2, 0.25) is 0 Å². The van der Waals surface area contributed by atoms with Crippen LogP contribution in [0.1, 0.15) is 37.7 Å². The van der Waals surface area contributed by atoms with Crippen LogP contribution in [-0.4, -0.2) is 57.3 Å². The number of rotatable bonds is 18. The lowest BCUT2D eigenvalue weighted by molar-refractivity contribution is -0.138. The van der Waals surface area contributed by atoms with Gasteiger partial charge in [0, 0.05) is 13.2 Å². The third-order valence-electron chi connectivity index (χ3n) is 3.79. The predicted octanol–water partition coefficient (Wildman–Crippen LogP) is 3.03. The fourth-order valence-electron chi connectivity index (χ4n) is 2.31. The van der Waals surface area contributed by atoms with Crippen LogP contribution in [-0.2, 0) is 25.5 Å². The molecule has 0 atom stereocenters. The lowest BCUT2D eigenvalue weighted by Crippen LogP contribution is -2.11.